The van der Waals surface area contributed by atoms with Crippen molar-refractivity contribution in [1.29, 1.82) is 0 Å². The van der Waals surface area contributed by atoms with E-state index in [1.54, 1.807) is 36.4 Å². The van der Waals surface area contributed by atoms with E-state index in [0.717, 1.165) is 0 Å². The number of urea groups is 1. The van der Waals surface area contributed by atoms with Gasteiger partial charge in [-0.25, -0.2) is 4.79 Å². The van der Waals surface area contributed by atoms with Gasteiger partial charge in [-0.05, 0) is 36.4 Å². The Morgan fingerprint density at radius 2 is 1.66 bits per heavy atom. The SMILES string of the molecule is O=C(NCc1ccco1)Nc1ccc(NC(=O)c2cc3c(cc2O)OCO3)cc1. The molecule has 1 aromatic heterocycles. The number of fused-ring (bicyclic) bond motifs is 1. The smallest absolute Gasteiger partial charge is 0.319 e. The van der Waals surface area contributed by atoms with Crippen LogP contribution < -0.4 is 25.4 Å². The quantitative estimate of drug-likeness (QED) is 0.526. The summed E-state index contributed by atoms with van der Waals surface area (Å²) in [5.74, 6) is 0.716. The highest BCUT2D eigenvalue weighted by Crippen LogP contribution is 2.37. The predicted octanol–water partition coefficient (Wildman–Crippen LogP) is 3.29. The molecule has 9 heteroatoms. The molecule has 2 heterocycles. The molecule has 0 spiro atoms. The van der Waals surface area contributed by atoms with E-state index < -0.39 is 5.91 Å². The van der Waals surface area contributed by atoms with E-state index in [4.69, 9.17) is 13.9 Å². The lowest BCUT2D eigenvalue weighted by molar-refractivity contribution is 0.102. The third-order valence-electron chi connectivity index (χ3n) is 4.14. The topological polar surface area (TPSA) is 122 Å². The number of anilines is 2. The Balaban J connectivity index is 1.34. The molecule has 148 valence electrons. The first-order valence-electron chi connectivity index (χ1n) is 8.70. The van der Waals surface area contributed by atoms with Gasteiger partial charge in [0.2, 0.25) is 6.79 Å². The number of carbonyl (C=O) groups is 2. The molecule has 0 bridgehead atoms. The zero-order valence-corrected chi connectivity index (χ0v) is 15.1. The van der Waals surface area contributed by atoms with Crippen LogP contribution in [-0.4, -0.2) is 23.8 Å². The van der Waals surface area contributed by atoms with Crippen LogP contribution in [0.4, 0.5) is 16.2 Å². The van der Waals surface area contributed by atoms with Crippen LogP contribution in [0.3, 0.4) is 0 Å². The van der Waals surface area contributed by atoms with Gasteiger partial charge < -0.3 is 34.9 Å². The van der Waals surface area contributed by atoms with E-state index in [9.17, 15) is 14.7 Å². The van der Waals surface area contributed by atoms with Gasteiger partial charge in [-0.15, -0.1) is 0 Å². The summed E-state index contributed by atoms with van der Waals surface area (Å²) >= 11 is 0. The van der Waals surface area contributed by atoms with Crippen LogP contribution in [0.5, 0.6) is 17.2 Å². The Kier molecular flexibility index (Phi) is 4.93. The van der Waals surface area contributed by atoms with Crippen molar-refractivity contribution in [1.82, 2.24) is 5.32 Å². The van der Waals surface area contributed by atoms with Gasteiger partial charge in [0.05, 0.1) is 18.4 Å². The first kappa shape index (κ1) is 18.2. The lowest BCUT2D eigenvalue weighted by Gasteiger charge is -2.10. The van der Waals surface area contributed by atoms with E-state index in [1.165, 1.54) is 18.4 Å². The van der Waals surface area contributed by atoms with Crippen LogP contribution in [0.25, 0.3) is 0 Å². The molecule has 0 unspecified atom stereocenters. The van der Waals surface area contributed by atoms with Crippen molar-refractivity contribution >= 4 is 23.3 Å². The zero-order valence-electron chi connectivity index (χ0n) is 15.1. The number of furan rings is 1. The Morgan fingerprint density at radius 1 is 0.966 bits per heavy atom. The van der Waals surface area contributed by atoms with E-state index in [-0.39, 0.29) is 30.7 Å². The van der Waals surface area contributed by atoms with E-state index in [1.807, 2.05) is 0 Å². The third kappa shape index (κ3) is 4.24. The monoisotopic (exact) mass is 395 g/mol. The third-order valence-corrected chi connectivity index (χ3v) is 4.14. The number of nitrogens with one attached hydrogen (secondary N) is 3. The molecule has 0 saturated heterocycles. The summed E-state index contributed by atoms with van der Waals surface area (Å²) in [6, 6.07) is 12.4. The first-order valence-corrected chi connectivity index (χ1v) is 8.70. The Hall–Kier alpha value is -4.14. The van der Waals surface area contributed by atoms with Crippen molar-refractivity contribution in [2.75, 3.05) is 17.4 Å². The van der Waals surface area contributed by atoms with Crippen LogP contribution in [-0.2, 0) is 6.54 Å². The number of benzene rings is 2. The minimum atomic E-state index is -0.502. The summed E-state index contributed by atoms with van der Waals surface area (Å²) in [6.45, 7) is 0.315. The van der Waals surface area contributed by atoms with Crippen LogP contribution >= 0.6 is 0 Å². The molecule has 0 atom stereocenters. The molecule has 1 aliphatic rings. The van der Waals surface area contributed by atoms with Crippen molar-refractivity contribution in [3.05, 3.63) is 66.1 Å². The number of ether oxygens (including phenoxy) is 2. The van der Waals surface area contributed by atoms with E-state index in [0.29, 0.717) is 28.6 Å². The maximum absolute atomic E-state index is 12.4. The van der Waals surface area contributed by atoms with Gasteiger partial charge in [0.25, 0.3) is 5.91 Å². The average molecular weight is 395 g/mol. The normalized spacial score (nSPS) is 11.7. The van der Waals surface area contributed by atoms with Crippen molar-refractivity contribution in [2.45, 2.75) is 6.54 Å². The molecular formula is C20H17N3O6. The number of phenolic OH excluding ortho intramolecular Hbond substituents is 1. The summed E-state index contributed by atoms with van der Waals surface area (Å²) in [6.07, 6.45) is 1.53. The lowest BCUT2D eigenvalue weighted by Crippen LogP contribution is -2.27. The number of amides is 3. The van der Waals surface area contributed by atoms with Gasteiger partial charge in [-0.3, -0.25) is 4.79 Å². The Labute approximate surface area is 165 Å². The second-order valence-corrected chi connectivity index (χ2v) is 6.14. The van der Waals surface area contributed by atoms with Gasteiger partial charge in [0, 0.05) is 23.5 Å². The minimum Gasteiger partial charge on any atom is -0.507 e. The highest BCUT2D eigenvalue weighted by atomic mass is 16.7. The molecule has 0 fully saturated rings. The summed E-state index contributed by atoms with van der Waals surface area (Å²) in [5.41, 5.74) is 1.10. The highest BCUT2D eigenvalue weighted by molar-refractivity contribution is 6.06. The highest BCUT2D eigenvalue weighted by Gasteiger charge is 2.20. The molecule has 2 aromatic carbocycles. The Morgan fingerprint density at radius 3 is 2.34 bits per heavy atom. The number of rotatable bonds is 5. The molecule has 3 amide bonds. The van der Waals surface area contributed by atoms with Crippen molar-refractivity contribution < 1.29 is 28.6 Å². The number of phenols is 1. The molecule has 0 radical (unpaired) electrons. The molecule has 0 saturated carbocycles. The second kappa shape index (κ2) is 7.85. The van der Waals surface area contributed by atoms with Gasteiger partial charge in [0.1, 0.15) is 11.5 Å². The number of aromatic hydroxyl groups is 1. The molecule has 4 rings (SSSR count). The van der Waals surface area contributed by atoms with E-state index in [2.05, 4.69) is 16.0 Å². The van der Waals surface area contributed by atoms with Gasteiger partial charge in [0.15, 0.2) is 11.5 Å². The van der Waals surface area contributed by atoms with Gasteiger partial charge >= 0.3 is 6.03 Å². The lowest BCUT2D eigenvalue weighted by atomic mass is 10.1. The predicted molar refractivity (Wildman–Crippen MR) is 103 cm³/mol. The van der Waals surface area contributed by atoms with Crippen LogP contribution in [0.2, 0.25) is 0 Å². The van der Waals surface area contributed by atoms with Crippen molar-refractivity contribution in [3.63, 3.8) is 0 Å². The first-order chi connectivity index (χ1) is 14.1. The molecular weight excluding hydrogens is 378 g/mol. The minimum absolute atomic E-state index is 0.0450. The fourth-order valence-corrected chi connectivity index (χ4v) is 2.70. The number of hydrogen-bond acceptors (Lipinski definition) is 6. The van der Waals surface area contributed by atoms with Crippen molar-refractivity contribution in [3.8, 4) is 17.2 Å². The number of carbonyl (C=O) groups excluding carboxylic acids is 2. The van der Waals surface area contributed by atoms with E-state index >= 15 is 0 Å². The molecule has 29 heavy (non-hydrogen) atoms. The fourth-order valence-electron chi connectivity index (χ4n) is 2.70. The van der Waals surface area contributed by atoms with Gasteiger partial charge in [-0.2, -0.15) is 0 Å². The van der Waals surface area contributed by atoms with Crippen LogP contribution in [0, 0.1) is 0 Å². The maximum Gasteiger partial charge on any atom is 0.319 e. The van der Waals surface area contributed by atoms with Crippen LogP contribution in [0.15, 0.2) is 59.2 Å². The van der Waals surface area contributed by atoms with Gasteiger partial charge in [-0.1, -0.05) is 0 Å². The number of hydrogen-bond donors (Lipinski definition) is 4. The molecule has 4 N–H and O–H groups in total. The van der Waals surface area contributed by atoms with Crippen LogP contribution in [0.1, 0.15) is 16.1 Å². The summed E-state index contributed by atoms with van der Waals surface area (Å²) in [7, 11) is 0. The summed E-state index contributed by atoms with van der Waals surface area (Å²) in [5, 5.41) is 18.1. The maximum atomic E-state index is 12.4. The summed E-state index contributed by atoms with van der Waals surface area (Å²) in [4.78, 5) is 24.3. The average Bonchev–Trinajstić information content (AvgIpc) is 3.38. The summed E-state index contributed by atoms with van der Waals surface area (Å²) < 4.78 is 15.5. The largest absolute Gasteiger partial charge is 0.507 e. The Bertz CT molecular complexity index is 1030. The molecule has 3 aromatic rings. The fraction of sp³-hybridized carbons (Fsp3) is 0.100. The standard InChI is InChI=1S/C20H17N3O6/c24-16-9-18-17(28-11-29-18)8-15(16)19(25)22-12-3-5-13(6-4-12)23-20(26)21-10-14-2-1-7-27-14/h1-9,24H,10-11H2,(H,22,25)(H2,21,23,26). The van der Waals surface area contributed by atoms with Crippen molar-refractivity contribution in [2.24, 2.45) is 0 Å². The molecule has 1 aliphatic heterocycles. The molecule has 0 aliphatic carbocycles. The molecule has 9 nitrogen and oxygen atoms in total. The second-order valence-electron chi connectivity index (χ2n) is 6.14. The zero-order chi connectivity index (χ0) is 20.2.